The lowest BCUT2D eigenvalue weighted by Crippen LogP contribution is -2.02. The molecule has 0 spiro atoms. The van der Waals surface area contributed by atoms with E-state index in [0.29, 0.717) is 0 Å². The van der Waals surface area contributed by atoms with Crippen LogP contribution in [-0.2, 0) is 6.54 Å². The molecule has 0 unspecified atom stereocenters. The number of rotatable bonds is 4. The minimum absolute atomic E-state index is 0.741. The minimum Gasteiger partial charge on any atom is -0.495 e. The first-order valence-electron chi connectivity index (χ1n) is 6.40. The van der Waals surface area contributed by atoms with E-state index in [1.165, 1.54) is 16.5 Å². The molecule has 0 aliphatic rings. The second kappa shape index (κ2) is 5.59. The van der Waals surface area contributed by atoms with Gasteiger partial charge >= 0.3 is 0 Å². The number of para-hydroxylation sites is 1. The van der Waals surface area contributed by atoms with Gasteiger partial charge in [0.05, 0.1) is 18.3 Å². The van der Waals surface area contributed by atoms with E-state index < -0.39 is 0 Å². The zero-order chi connectivity index (χ0) is 13.9. The molecular weight excluding hydrogens is 316 g/mol. The lowest BCUT2D eigenvalue weighted by molar-refractivity contribution is 0.416. The van der Waals surface area contributed by atoms with E-state index in [1.54, 1.807) is 7.11 Å². The molecule has 102 valence electrons. The predicted octanol–water partition coefficient (Wildman–Crippen LogP) is 4.55. The minimum atomic E-state index is 0.741. The first kappa shape index (κ1) is 13.1. The van der Waals surface area contributed by atoms with Crippen LogP contribution < -0.4 is 10.1 Å². The molecule has 0 aliphatic carbocycles. The van der Waals surface area contributed by atoms with Crippen LogP contribution in [-0.4, -0.2) is 12.1 Å². The Bertz CT molecular complexity index is 736. The number of H-pyrrole nitrogens is 1. The van der Waals surface area contributed by atoms with Gasteiger partial charge in [0, 0.05) is 17.2 Å². The predicted molar refractivity (Wildman–Crippen MR) is 86.3 cm³/mol. The summed E-state index contributed by atoms with van der Waals surface area (Å²) >= 11 is 3.48. The van der Waals surface area contributed by atoms with E-state index in [-0.39, 0.29) is 0 Å². The van der Waals surface area contributed by atoms with Crippen molar-refractivity contribution in [3.05, 3.63) is 58.7 Å². The smallest absolute Gasteiger partial charge is 0.142 e. The van der Waals surface area contributed by atoms with Crippen LogP contribution in [0.2, 0.25) is 0 Å². The van der Waals surface area contributed by atoms with Gasteiger partial charge in [-0.3, -0.25) is 0 Å². The number of benzene rings is 2. The fourth-order valence-corrected chi connectivity index (χ4v) is 2.67. The van der Waals surface area contributed by atoms with Gasteiger partial charge in [0.2, 0.25) is 0 Å². The zero-order valence-electron chi connectivity index (χ0n) is 11.1. The van der Waals surface area contributed by atoms with Crippen molar-refractivity contribution in [1.29, 1.82) is 0 Å². The van der Waals surface area contributed by atoms with E-state index in [4.69, 9.17) is 4.74 Å². The maximum atomic E-state index is 5.37. The Morgan fingerprint density at radius 1 is 1.20 bits per heavy atom. The van der Waals surface area contributed by atoms with E-state index >= 15 is 0 Å². The average molecular weight is 331 g/mol. The fraction of sp³-hybridized carbons (Fsp3) is 0.125. The monoisotopic (exact) mass is 330 g/mol. The topological polar surface area (TPSA) is 37.0 Å². The highest BCUT2D eigenvalue weighted by atomic mass is 79.9. The Morgan fingerprint density at radius 2 is 2.10 bits per heavy atom. The molecule has 0 aliphatic heterocycles. The molecule has 0 radical (unpaired) electrons. The maximum absolute atomic E-state index is 5.37. The number of fused-ring (bicyclic) bond motifs is 1. The van der Waals surface area contributed by atoms with E-state index in [0.717, 1.165) is 22.5 Å². The Balaban J connectivity index is 1.86. The van der Waals surface area contributed by atoms with Crippen molar-refractivity contribution in [2.75, 3.05) is 12.4 Å². The van der Waals surface area contributed by atoms with Gasteiger partial charge in [-0.1, -0.05) is 34.1 Å². The molecule has 0 saturated heterocycles. The van der Waals surface area contributed by atoms with Gasteiger partial charge in [0.25, 0.3) is 0 Å². The SMILES string of the molecule is COc1ccc(Br)cc1NCc1cccc2cc[nH]c12. The van der Waals surface area contributed by atoms with Gasteiger partial charge in [0.1, 0.15) is 5.75 Å². The highest BCUT2D eigenvalue weighted by molar-refractivity contribution is 9.10. The lowest BCUT2D eigenvalue weighted by Gasteiger charge is -2.12. The third-order valence-corrected chi connectivity index (χ3v) is 3.80. The number of aromatic amines is 1. The summed E-state index contributed by atoms with van der Waals surface area (Å²) in [6, 6.07) is 14.3. The molecule has 0 bridgehead atoms. The number of hydrogen-bond donors (Lipinski definition) is 2. The number of aromatic nitrogens is 1. The summed E-state index contributed by atoms with van der Waals surface area (Å²) in [5.74, 6) is 0.840. The number of hydrogen-bond acceptors (Lipinski definition) is 2. The summed E-state index contributed by atoms with van der Waals surface area (Å²) in [5, 5.41) is 4.66. The maximum Gasteiger partial charge on any atom is 0.142 e. The summed E-state index contributed by atoms with van der Waals surface area (Å²) in [5.41, 5.74) is 3.38. The van der Waals surface area contributed by atoms with Crippen LogP contribution in [0.1, 0.15) is 5.56 Å². The molecule has 0 saturated carbocycles. The largest absolute Gasteiger partial charge is 0.495 e. The average Bonchev–Trinajstić information content (AvgIpc) is 2.94. The standard InChI is InChI=1S/C16H15BrN2O/c1-20-15-6-5-13(17)9-14(15)19-10-12-4-2-3-11-7-8-18-16(11)12/h2-9,18-19H,10H2,1H3. The number of anilines is 1. The molecule has 1 aromatic heterocycles. The van der Waals surface area contributed by atoms with E-state index in [1.807, 2.05) is 24.4 Å². The van der Waals surface area contributed by atoms with Crippen LogP contribution in [0.25, 0.3) is 10.9 Å². The van der Waals surface area contributed by atoms with Crippen LogP contribution in [0.4, 0.5) is 5.69 Å². The first-order valence-corrected chi connectivity index (χ1v) is 7.19. The summed E-state index contributed by atoms with van der Waals surface area (Å²) in [6.07, 6.45) is 1.97. The highest BCUT2D eigenvalue weighted by Gasteiger charge is 2.05. The normalized spacial score (nSPS) is 10.7. The molecule has 0 fully saturated rings. The van der Waals surface area contributed by atoms with Gasteiger partial charge in [-0.25, -0.2) is 0 Å². The Labute approximate surface area is 126 Å². The van der Waals surface area contributed by atoms with Crippen molar-refractivity contribution in [3.8, 4) is 5.75 Å². The molecular formula is C16H15BrN2O. The van der Waals surface area contributed by atoms with Gasteiger partial charge in [-0.05, 0) is 35.2 Å². The fourth-order valence-electron chi connectivity index (χ4n) is 2.31. The quantitative estimate of drug-likeness (QED) is 0.736. The van der Waals surface area contributed by atoms with Crippen LogP contribution in [0.5, 0.6) is 5.75 Å². The van der Waals surface area contributed by atoms with Crippen molar-refractivity contribution in [2.45, 2.75) is 6.54 Å². The molecule has 0 amide bonds. The van der Waals surface area contributed by atoms with Crippen molar-refractivity contribution in [2.24, 2.45) is 0 Å². The summed E-state index contributed by atoms with van der Waals surface area (Å²) in [4.78, 5) is 3.28. The summed E-state index contributed by atoms with van der Waals surface area (Å²) in [7, 11) is 1.68. The first-order chi connectivity index (χ1) is 9.78. The molecule has 3 aromatic rings. The second-order valence-electron chi connectivity index (χ2n) is 4.56. The number of nitrogens with one attached hydrogen (secondary N) is 2. The van der Waals surface area contributed by atoms with Gasteiger partial charge in [-0.2, -0.15) is 0 Å². The Kier molecular flexibility index (Phi) is 3.65. The summed E-state index contributed by atoms with van der Waals surface area (Å²) in [6.45, 7) is 0.741. The third kappa shape index (κ3) is 2.51. The van der Waals surface area contributed by atoms with Crippen molar-refractivity contribution < 1.29 is 4.74 Å². The summed E-state index contributed by atoms with van der Waals surface area (Å²) < 4.78 is 6.40. The van der Waals surface area contributed by atoms with Gasteiger partial charge < -0.3 is 15.0 Å². The van der Waals surface area contributed by atoms with Crippen LogP contribution in [0.3, 0.4) is 0 Å². The molecule has 1 heterocycles. The van der Waals surface area contributed by atoms with Gasteiger partial charge in [0.15, 0.2) is 0 Å². The molecule has 20 heavy (non-hydrogen) atoms. The highest BCUT2D eigenvalue weighted by Crippen LogP contribution is 2.28. The van der Waals surface area contributed by atoms with E-state index in [9.17, 15) is 0 Å². The number of methoxy groups -OCH3 is 1. The van der Waals surface area contributed by atoms with Crippen molar-refractivity contribution in [3.63, 3.8) is 0 Å². The Hall–Kier alpha value is -1.94. The van der Waals surface area contributed by atoms with Crippen LogP contribution in [0.15, 0.2) is 53.1 Å². The molecule has 3 nitrogen and oxygen atoms in total. The number of ether oxygens (including phenoxy) is 1. The zero-order valence-corrected chi connectivity index (χ0v) is 12.7. The Morgan fingerprint density at radius 3 is 2.95 bits per heavy atom. The number of halogens is 1. The molecule has 4 heteroatoms. The molecule has 0 atom stereocenters. The van der Waals surface area contributed by atoms with Crippen LogP contribution in [0, 0.1) is 0 Å². The van der Waals surface area contributed by atoms with Crippen molar-refractivity contribution >= 4 is 32.5 Å². The molecule has 2 aromatic carbocycles. The lowest BCUT2D eigenvalue weighted by atomic mass is 10.1. The third-order valence-electron chi connectivity index (χ3n) is 3.30. The van der Waals surface area contributed by atoms with Crippen molar-refractivity contribution in [1.82, 2.24) is 4.98 Å². The van der Waals surface area contributed by atoms with Gasteiger partial charge in [-0.15, -0.1) is 0 Å². The second-order valence-corrected chi connectivity index (χ2v) is 5.47. The molecule has 2 N–H and O–H groups in total. The molecule has 3 rings (SSSR count). The van der Waals surface area contributed by atoms with Crippen LogP contribution >= 0.6 is 15.9 Å². The van der Waals surface area contributed by atoms with E-state index in [2.05, 4.69) is 50.5 Å².